The second kappa shape index (κ2) is 10.4. The molecule has 0 aliphatic carbocycles. The maximum atomic E-state index is 13.1. The van der Waals surface area contributed by atoms with Gasteiger partial charge in [0.2, 0.25) is 0 Å². The molecule has 3 aromatic rings. The van der Waals surface area contributed by atoms with Gasteiger partial charge in [0, 0.05) is 50.2 Å². The van der Waals surface area contributed by atoms with Gasteiger partial charge in [-0.1, -0.05) is 0 Å². The molecule has 0 saturated carbocycles. The van der Waals surface area contributed by atoms with Crippen LogP contribution in [0.15, 0.2) is 36.8 Å². The Morgan fingerprint density at radius 1 is 1.29 bits per heavy atom. The van der Waals surface area contributed by atoms with Crippen LogP contribution in [0.25, 0.3) is 11.0 Å². The Bertz CT molecular complexity index is 1120. The number of aromatic nitrogens is 4. The van der Waals surface area contributed by atoms with Gasteiger partial charge in [0.25, 0.3) is 12.4 Å². The SMILES string of the molecule is CCn1nccc1C(=O)N1CC(O)CC2(CCN(Cc3c[nH]c4ncccc34)CC2)C1.O=CO. The Labute approximate surface area is 198 Å². The predicted molar refractivity (Wildman–Crippen MR) is 126 cm³/mol. The molecule has 5 heterocycles. The van der Waals surface area contributed by atoms with E-state index in [0.29, 0.717) is 25.3 Å². The summed E-state index contributed by atoms with van der Waals surface area (Å²) >= 11 is 0. The molecule has 34 heavy (non-hydrogen) atoms. The molecule has 0 bridgehead atoms. The summed E-state index contributed by atoms with van der Waals surface area (Å²) in [5, 5.41) is 22.9. The van der Waals surface area contributed by atoms with Gasteiger partial charge < -0.3 is 20.1 Å². The summed E-state index contributed by atoms with van der Waals surface area (Å²) in [5.74, 6) is -0.0220. The van der Waals surface area contributed by atoms with Crippen molar-refractivity contribution in [2.24, 2.45) is 5.41 Å². The van der Waals surface area contributed by atoms with Gasteiger partial charge in [-0.05, 0) is 68.5 Å². The van der Waals surface area contributed by atoms with Crippen LogP contribution in [0.2, 0.25) is 0 Å². The highest BCUT2D eigenvalue weighted by Crippen LogP contribution is 2.40. The number of piperidine rings is 2. The van der Waals surface area contributed by atoms with Crippen LogP contribution in [-0.4, -0.2) is 84.4 Å². The highest BCUT2D eigenvalue weighted by Gasteiger charge is 2.43. The van der Waals surface area contributed by atoms with Gasteiger partial charge >= 0.3 is 0 Å². The van der Waals surface area contributed by atoms with Gasteiger partial charge in [-0.25, -0.2) is 4.98 Å². The summed E-state index contributed by atoms with van der Waals surface area (Å²) in [5.41, 5.74) is 2.80. The van der Waals surface area contributed by atoms with Crippen LogP contribution in [0.5, 0.6) is 0 Å². The van der Waals surface area contributed by atoms with Crippen molar-refractivity contribution in [3.8, 4) is 0 Å². The number of hydrogen-bond donors (Lipinski definition) is 3. The number of pyridine rings is 1. The lowest BCUT2D eigenvalue weighted by molar-refractivity contribution is -0.122. The van der Waals surface area contributed by atoms with Gasteiger partial charge in [-0.3, -0.25) is 19.2 Å². The standard InChI is InChI=1S/C23H30N6O2.CH2O2/c1-2-29-20(5-9-26-29)22(31)28-15-18(30)12-23(16-28)6-10-27(11-7-23)14-17-13-25-21-19(17)4-3-8-24-21;2-1-3/h3-5,8-9,13,18,30H,2,6-7,10-12,14-16H2,1H3,(H,24,25);1H,(H,2,3). The van der Waals surface area contributed by atoms with E-state index in [4.69, 9.17) is 9.90 Å². The number of fused-ring (bicyclic) bond motifs is 1. The molecule has 2 aliphatic heterocycles. The van der Waals surface area contributed by atoms with E-state index in [1.807, 2.05) is 24.1 Å². The average Bonchev–Trinajstić information content (AvgIpc) is 3.47. The fraction of sp³-hybridized carbons (Fsp3) is 0.500. The third-order valence-corrected chi connectivity index (χ3v) is 7.00. The molecular formula is C24H32N6O4. The lowest BCUT2D eigenvalue weighted by atomic mass is 9.71. The molecule has 3 aromatic heterocycles. The van der Waals surface area contributed by atoms with Crippen LogP contribution < -0.4 is 0 Å². The minimum absolute atomic E-state index is 0.0112. The second-order valence-electron chi connectivity index (χ2n) is 9.17. The number of aromatic amines is 1. The average molecular weight is 469 g/mol. The molecule has 0 radical (unpaired) electrons. The number of carboxylic acid groups (broad SMARTS) is 1. The fourth-order valence-electron chi connectivity index (χ4n) is 5.37. The monoisotopic (exact) mass is 468 g/mol. The van der Waals surface area contributed by atoms with Gasteiger partial charge in [0.1, 0.15) is 11.3 Å². The van der Waals surface area contributed by atoms with E-state index in [1.54, 1.807) is 16.9 Å². The highest BCUT2D eigenvalue weighted by atomic mass is 16.3. The molecule has 1 unspecified atom stereocenters. The van der Waals surface area contributed by atoms with Crippen molar-refractivity contribution in [1.82, 2.24) is 29.5 Å². The van der Waals surface area contributed by atoms with Crippen molar-refractivity contribution < 1.29 is 19.8 Å². The molecule has 182 valence electrons. The summed E-state index contributed by atoms with van der Waals surface area (Å²) < 4.78 is 1.73. The van der Waals surface area contributed by atoms with Gasteiger partial charge in [0.15, 0.2) is 0 Å². The van der Waals surface area contributed by atoms with Crippen LogP contribution in [-0.2, 0) is 17.9 Å². The Morgan fingerprint density at radius 3 is 2.79 bits per heavy atom. The summed E-state index contributed by atoms with van der Waals surface area (Å²) in [6, 6.07) is 5.87. The number of aryl methyl sites for hydroxylation is 1. The summed E-state index contributed by atoms with van der Waals surface area (Å²) in [6.45, 7) is 6.33. The molecular weight excluding hydrogens is 436 g/mol. The third kappa shape index (κ3) is 4.97. The van der Waals surface area contributed by atoms with Crippen molar-refractivity contribution >= 4 is 23.4 Å². The minimum atomic E-state index is -0.470. The zero-order valence-electron chi connectivity index (χ0n) is 19.4. The van der Waals surface area contributed by atoms with Crippen molar-refractivity contribution in [1.29, 1.82) is 0 Å². The smallest absolute Gasteiger partial charge is 0.290 e. The zero-order valence-corrected chi connectivity index (χ0v) is 19.4. The number of hydrogen-bond acceptors (Lipinski definition) is 6. The van der Waals surface area contributed by atoms with E-state index in [0.717, 1.165) is 44.5 Å². The van der Waals surface area contributed by atoms with E-state index in [1.165, 1.54) is 10.9 Å². The van der Waals surface area contributed by atoms with Crippen LogP contribution in [0.3, 0.4) is 0 Å². The topological polar surface area (TPSA) is 128 Å². The molecule has 1 spiro atoms. The number of carbonyl (C=O) groups excluding carboxylic acids is 1. The van der Waals surface area contributed by atoms with E-state index >= 15 is 0 Å². The van der Waals surface area contributed by atoms with E-state index in [-0.39, 0.29) is 17.8 Å². The maximum Gasteiger partial charge on any atom is 0.290 e. The predicted octanol–water partition coefficient (Wildman–Crippen LogP) is 1.97. The number of aliphatic hydroxyl groups excluding tert-OH is 1. The number of β-amino-alcohol motifs (C(OH)–C–C–N with tert-alkyl or cyclic N) is 1. The maximum absolute atomic E-state index is 13.1. The zero-order chi connectivity index (χ0) is 24.1. The van der Waals surface area contributed by atoms with Crippen LogP contribution in [0, 0.1) is 5.41 Å². The molecule has 2 saturated heterocycles. The highest BCUT2D eigenvalue weighted by molar-refractivity contribution is 5.92. The summed E-state index contributed by atoms with van der Waals surface area (Å²) in [6.07, 6.45) is 7.82. The lowest BCUT2D eigenvalue weighted by Gasteiger charge is -2.49. The number of nitrogens with one attached hydrogen (secondary N) is 1. The second-order valence-corrected chi connectivity index (χ2v) is 9.17. The van der Waals surface area contributed by atoms with Crippen molar-refractivity contribution in [3.05, 3.63) is 48.0 Å². The van der Waals surface area contributed by atoms with Gasteiger partial charge in [-0.2, -0.15) is 5.10 Å². The third-order valence-electron chi connectivity index (χ3n) is 7.00. The van der Waals surface area contributed by atoms with E-state index < -0.39 is 6.10 Å². The minimum Gasteiger partial charge on any atom is -0.483 e. The van der Waals surface area contributed by atoms with E-state index in [2.05, 4.69) is 32.2 Å². The largest absolute Gasteiger partial charge is 0.483 e. The number of H-pyrrole nitrogens is 1. The molecule has 5 rings (SSSR count). The number of likely N-dealkylation sites (tertiary alicyclic amines) is 2. The molecule has 10 nitrogen and oxygen atoms in total. The molecule has 3 N–H and O–H groups in total. The number of rotatable bonds is 4. The first-order chi connectivity index (χ1) is 16.5. The Kier molecular flexibility index (Phi) is 7.28. The number of carbonyl (C=O) groups is 2. The first-order valence-corrected chi connectivity index (χ1v) is 11.7. The molecule has 10 heteroatoms. The quantitative estimate of drug-likeness (QED) is 0.500. The molecule has 2 aliphatic rings. The van der Waals surface area contributed by atoms with Crippen LogP contribution in [0.4, 0.5) is 0 Å². The number of nitrogens with zero attached hydrogens (tertiary/aromatic N) is 5. The van der Waals surface area contributed by atoms with Crippen molar-refractivity contribution in [2.75, 3.05) is 26.2 Å². The fourth-order valence-corrected chi connectivity index (χ4v) is 5.37. The number of amides is 1. The first kappa shape index (κ1) is 23.9. The van der Waals surface area contributed by atoms with Crippen molar-refractivity contribution in [2.45, 2.75) is 45.4 Å². The Balaban J connectivity index is 0.000000868. The van der Waals surface area contributed by atoms with Crippen LogP contribution in [0.1, 0.15) is 42.2 Å². The summed E-state index contributed by atoms with van der Waals surface area (Å²) in [4.78, 5) is 33.5. The first-order valence-electron chi connectivity index (χ1n) is 11.7. The Hall–Kier alpha value is -3.24. The molecule has 0 aromatic carbocycles. The number of aliphatic hydroxyl groups is 1. The molecule has 1 atom stereocenters. The lowest BCUT2D eigenvalue weighted by Crippen LogP contribution is -2.55. The molecule has 2 fully saturated rings. The summed E-state index contributed by atoms with van der Waals surface area (Å²) in [7, 11) is 0. The molecule has 1 amide bonds. The van der Waals surface area contributed by atoms with Crippen LogP contribution >= 0.6 is 0 Å². The van der Waals surface area contributed by atoms with E-state index in [9.17, 15) is 9.90 Å². The van der Waals surface area contributed by atoms with Gasteiger partial charge in [-0.15, -0.1) is 0 Å². The van der Waals surface area contributed by atoms with Crippen molar-refractivity contribution in [3.63, 3.8) is 0 Å². The normalized spacial score (nSPS) is 20.2. The van der Waals surface area contributed by atoms with Gasteiger partial charge in [0.05, 0.1) is 6.10 Å². The Morgan fingerprint density at radius 2 is 2.06 bits per heavy atom.